The molecule has 2 aromatic heterocycles. The molecule has 1 aliphatic rings. The van der Waals surface area contributed by atoms with Gasteiger partial charge < -0.3 is 24.5 Å². The fourth-order valence-corrected chi connectivity index (χ4v) is 7.26. The largest absolute Gasteiger partial charge is 0.444 e. The first kappa shape index (κ1) is 31.8. The number of ether oxygens (including phenoxy) is 1. The number of amides is 1. The Morgan fingerprint density at radius 2 is 1.61 bits per heavy atom. The van der Waals surface area contributed by atoms with Gasteiger partial charge in [-0.05, 0) is 57.2 Å². The predicted octanol–water partition coefficient (Wildman–Crippen LogP) is 5.77. The number of hydrogen-bond donors (Lipinski definition) is 2. The number of imidazole rings is 1. The minimum absolute atomic E-state index is 0.0505. The standard InChI is InChI=1S/C31H31Cl2N7O5S/c1-31(2,3)45-30(42)39-13-15-40(16-14-39)46(43,44)19-8-5-7-18(17-19)27-34-22-11-12-23-26(24(22)28(41)37-27)38(4)29(35-23)36-25-20(32)9-6-10-21(25)33/h5-12,17H,13-16H2,1-4H3,(H,35,36)(H,34,37,41). The van der Waals surface area contributed by atoms with Gasteiger partial charge in [0.05, 0.1) is 42.6 Å². The molecule has 15 heteroatoms. The second-order valence-electron chi connectivity index (χ2n) is 11.9. The molecule has 0 aliphatic carbocycles. The Morgan fingerprint density at radius 1 is 0.957 bits per heavy atom. The molecule has 0 spiro atoms. The summed E-state index contributed by atoms with van der Waals surface area (Å²) in [5, 5.41) is 4.31. The normalized spacial score (nSPS) is 14.6. The number of H-pyrrole nitrogens is 1. The van der Waals surface area contributed by atoms with E-state index >= 15 is 0 Å². The van der Waals surface area contributed by atoms with Crippen LogP contribution in [-0.4, -0.2) is 75.0 Å². The maximum Gasteiger partial charge on any atom is 0.410 e. The number of fused-ring (bicyclic) bond motifs is 3. The Kier molecular flexibility index (Phi) is 8.21. The number of sulfonamides is 1. The smallest absolute Gasteiger partial charge is 0.410 e. The molecule has 1 fully saturated rings. The van der Waals surface area contributed by atoms with Crippen LogP contribution < -0.4 is 10.9 Å². The third-order valence-corrected chi connectivity index (χ3v) is 10.1. The van der Waals surface area contributed by atoms with Crippen LogP contribution in [0.25, 0.3) is 33.3 Å². The van der Waals surface area contributed by atoms with Gasteiger partial charge in [0.25, 0.3) is 5.56 Å². The summed E-state index contributed by atoms with van der Waals surface area (Å²) in [6.07, 6.45) is -0.473. The van der Waals surface area contributed by atoms with E-state index in [9.17, 15) is 18.0 Å². The molecule has 240 valence electrons. The molecule has 1 aliphatic heterocycles. The van der Waals surface area contributed by atoms with Gasteiger partial charge in [0.1, 0.15) is 11.4 Å². The van der Waals surface area contributed by atoms with Crippen LogP contribution in [0.15, 0.2) is 64.3 Å². The molecule has 0 unspecified atom stereocenters. The van der Waals surface area contributed by atoms with Crippen molar-refractivity contribution in [2.75, 3.05) is 31.5 Å². The minimum Gasteiger partial charge on any atom is -0.444 e. The summed E-state index contributed by atoms with van der Waals surface area (Å²) in [6.45, 7) is 6.00. The third kappa shape index (κ3) is 6.03. The van der Waals surface area contributed by atoms with Crippen molar-refractivity contribution in [1.29, 1.82) is 0 Å². The number of aromatic nitrogens is 4. The van der Waals surface area contributed by atoms with E-state index in [-0.39, 0.29) is 36.9 Å². The van der Waals surface area contributed by atoms with Crippen molar-refractivity contribution in [2.45, 2.75) is 31.3 Å². The van der Waals surface area contributed by atoms with Crippen LogP contribution in [0.2, 0.25) is 10.0 Å². The summed E-state index contributed by atoms with van der Waals surface area (Å²) in [5.41, 5.74) is 1.36. The number of nitrogens with one attached hydrogen (secondary N) is 2. The summed E-state index contributed by atoms with van der Waals surface area (Å²) < 4.78 is 35.6. The van der Waals surface area contributed by atoms with Crippen molar-refractivity contribution in [3.63, 3.8) is 0 Å². The second-order valence-corrected chi connectivity index (χ2v) is 14.6. The average Bonchev–Trinajstić information content (AvgIpc) is 3.33. The summed E-state index contributed by atoms with van der Waals surface area (Å²) in [4.78, 5) is 39.7. The van der Waals surface area contributed by atoms with Gasteiger partial charge in [0, 0.05) is 38.8 Å². The Hall–Kier alpha value is -4.17. The van der Waals surface area contributed by atoms with Crippen molar-refractivity contribution in [2.24, 2.45) is 7.05 Å². The van der Waals surface area contributed by atoms with Gasteiger partial charge in [-0.15, -0.1) is 0 Å². The molecule has 0 radical (unpaired) electrons. The Morgan fingerprint density at radius 3 is 2.28 bits per heavy atom. The summed E-state index contributed by atoms with van der Waals surface area (Å²) in [7, 11) is -2.13. The fourth-order valence-electron chi connectivity index (χ4n) is 5.30. The predicted molar refractivity (Wildman–Crippen MR) is 178 cm³/mol. The number of aryl methyl sites for hydroxylation is 1. The van der Waals surface area contributed by atoms with Crippen LogP contribution in [0.3, 0.4) is 0 Å². The zero-order chi connectivity index (χ0) is 33.0. The van der Waals surface area contributed by atoms with E-state index in [0.29, 0.717) is 49.2 Å². The van der Waals surface area contributed by atoms with Crippen LogP contribution in [0.5, 0.6) is 0 Å². The van der Waals surface area contributed by atoms with Crippen LogP contribution in [-0.2, 0) is 21.8 Å². The van der Waals surface area contributed by atoms with E-state index in [4.69, 9.17) is 27.9 Å². The topological polar surface area (TPSA) is 143 Å². The Balaban J connectivity index is 1.29. The van der Waals surface area contributed by atoms with Crippen molar-refractivity contribution < 1.29 is 17.9 Å². The van der Waals surface area contributed by atoms with E-state index in [2.05, 4.69) is 20.3 Å². The molecule has 3 aromatic carbocycles. The van der Waals surface area contributed by atoms with Gasteiger partial charge in [-0.2, -0.15) is 4.31 Å². The highest BCUT2D eigenvalue weighted by Gasteiger charge is 2.32. The maximum absolute atomic E-state index is 13.6. The van der Waals surface area contributed by atoms with E-state index < -0.39 is 27.3 Å². The molecular formula is C31H31Cl2N7O5S. The quantitative estimate of drug-likeness (QED) is 0.238. The van der Waals surface area contributed by atoms with Crippen molar-refractivity contribution in [1.82, 2.24) is 28.7 Å². The zero-order valence-electron chi connectivity index (χ0n) is 25.5. The maximum atomic E-state index is 13.6. The molecular weight excluding hydrogens is 653 g/mol. The summed E-state index contributed by atoms with van der Waals surface area (Å²) in [5.74, 6) is 0.637. The Bertz CT molecular complexity index is 2150. The molecule has 1 amide bonds. The first-order valence-corrected chi connectivity index (χ1v) is 16.6. The molecule has 0 atom stereocenters. The highest BCUT2D eigenvalue weighted by molar-refractivity contribution is 7.89. The number of para-hydroxylation sites is 1. The molecule has 5 aromatic rings. The molecule has 6 rings (SSSR count). The van der Waals surface area contributed by atoms with Crippen LogP contribution in [0.1, 0.15) is 20.8 Å². The van der Waals surface area contributed by atoms with E-state index in [0.717, 1.165) is 0 Å². The van der Waals surface area contributed by atoms with Crippen molar-refractivity contribution in [3.05, 3.63) is 75.0 Å². The number of benzene rings is 3. The SMILES string of the molecule is Cn1c(Nc2c(Cl)cccc2Cl)nc2ccc3nc(-c4cccc(S(=O)(=O)N5CCN(C(=O)OC(C)(C)C)CC5)c4)[nH]c(=O)c3c21. The molecule has 2 N–H and O–H groups in total. The monoisotopic (exact) mass is 683 g/mol. The second kappa shape index (κ2) is 11.9. The average molecular weight is 685 g/mol. The lowest BCUT2D eigenvalue weighted by atomic mass is 10.1. The highest BCUT2D eigenvalue weighted by Crippen LogP contribution is 2.34. The molecule has 3 heterocycles. The number of carbonyl (C=O) groups excluding carboxylic acids is 1. The zero-order valence-corrected chi connectivity index (χ0v) is 27.8. The van der Waals surface area contributed by atoms with E-state index in [1.165, 1.54) is 21.3 Å². The first-order chi connectivity index (χ1) is 21.7. The lowest BCUT2D eigenvalue weighted by Crippen LogP contribution is -2.51. The van der Waals surface area contributed by atoms with Crippen LogP contribution in [0.4, 0.5) is 16.4 Å². The van der Waals surface area contributed by atoms with Gasteiger partial charge in [-0.1, -0.05) is 41.4 Å². The number of halogens is 2. The fraction of sp³-hybridized carbons (Fsp3) is 0.290. The molecule has 12 nitrogen and oxygen atoms in total. The van der Waals surface area contributed by atoms with Gasteiger partial charge in [0.2, 0.25) is 16.0 Å². The first-order valence-electron chi connectivity index (χ1n) is 14.4. The molecule has 46 heavy (non-hydrogen) atoms. The minimum atomic E-state index is -3.90. The van der Waals surface area contributed by atoms with Crippen molar-refractivity contribution >= 4 is 72.9 Å². The lowest BCUT2D eigenvalue weighted by molar-refractivity contribution is 0.0192. The number of carbonyl (C=O) groups is 1. The van der Waals surface area contributed by atoms with Gasteiger partial charge in [-0.3, -0.25) is 4.79 Å². The molecule has 0 saturated carbocycles. The van der Waals surface area contributed by atoms with Crippen LogP contribution >= 0.6 is 23.2 Å². The summed E-state index contributed by atoms with van der Waals surface area (Å²) >= 11 is 12.7. The van der Waals surface area contributed by atoms with Crippen LogP contribution in [0, 0.1) is 0 Å². The van der Waals surface area contributed by atoms with Gasteiger partial charge >= 0.3 is 6.09 Å². The lowest BCUT2D eigenvalue weighted by Gasteiger charge is -2.35. The number of piperazine rings is 1. The number of hydrogen-bond acceptors (Lipinski definition) is 8. The number of anilines is 2. The van der Waals surface area contributed by atoms with Gasteiger partial charge in [0.15, 0.2) is 0 Å². The van der Waals surface area contributed by atoms with Crippen molar-refractivity contribution in [3.8, 4) is 11.4 Å². The molecule has 0 bridgehead atoms. The Labute approximate surface area is 275 Å². The summed E-state index contributed by atoms with van der Waals surface area (Å²) in [6, 6.07) is 14.9. The van der Waals surface area contributed by atoms with Gasteiger partial charge in [-0.25, -0.2) is 23.2 Å². The van der Waals surface area contributed by atoms with E-state index in [1.807, 2.05) is 0 Å². The number of nitrogens with zero attached hydrogens (tertiary/aromatic N) is 5. The highest BCUT2D eigenvalue weighted by atomic mass is 35.5. The van der Waals surface area contributed by atoms with E-state index in [1.54, 1.807) is 74.9 Å². The molecule has 1 saturated heterocycles. The third-order valence-electron chi connectivity index (χ3n) is 7.54. The number of aromatic amines is 1. The number of rotatable bonds is 5.